The third-order valence-electron chi connectivity index (χ3n) is 2.89. The van der Waals surface area contributed by atoms with E-state index in [0.29, 0.717) is 11.5 Å². The van der Waals surface area contributed by atoms with Gasteiger partial charge < -0.3 is 13.4 Å². The van der Waals surface area contributed by atoms with Crippen molar-refractivity contribution in [3.05, 3.63) is 42.4 Å². The first-order valence-corrected chi connectivity index (χ1v) is 7.58. The molecule has 0 aromatic carbocycles. The maximum atomic E-state index is 11.9. The lowest BCUT2D eigenvalue weighted by atomic mass is 10.4. The lowest BCUT2D eigenvalue weighted by Gasteiger charge is -2.03. The van der Waals surface area contributed by atoms with Gasteiger partial charge in [0.1, 0.15) is 5.69 Å². The molecule has 0 bridgehead atoms. The number of hydrogen-bond acceptors (Lipinski definition) is 7. The molecule has 0 saturated carbocycles. The van der Waals surface area contributed by atoms with Crippen molar-refractivity contribution in [3.8, 4) is 11.7 Å². The number of carbonyl (C=O) groups excluding carboxylic acids is 2. The molecule has 8 nitrogen and oxygen atoms in total. The van der Waals surface area contributed by atoms with Gasteiger partial charge in [-0.15, -0.1) is 10.2 Å². The molecule has 9 heteroatoms. The first kappa shape index (κ1) is 15.1. The predicted molar refractivity (Wildman–Crippen MR) is 80.6 cm³/mol. The maximum absolute atomic E-state index is 11.9. The summed E-state index contributed by atoms with van der Waals surface area (Å²) in [5.41, 5.74) is 0.404. The lowest BCUT2D eigenvalue weighted by Crippen LogP contribution is -2.32. The molecule has 0 spiro atoms. The first-order valence-electron chi connectivity index (χ1n) is 6.59. The summed E-state index contributed by atoms with van der Waals surface area (Å²) in [7, 11) is 1.72. The Balaban J connectivity index is 1.53. The average molecular weight is 332 g/mol. The number of imide groups is 1. The summed E-state index contributed by atoms with van der Waals surface area (Å²) in [4.78, 5) is 23.7. The number of rotatable bonds is 5. The van der Waals surface area contributed by atoms with E-state index >= 15 is 0 Å². The van der Waals surface area contributed by atoms with E-state index in [9.17, 15) is 9.59 Å². The third kappa shape index (κ3) is 3.51. The minimum Gasteiger partial charge on any atom is -0.459 e. The van der Waals surface area contributed by atoms with Crippen molar-refractivity contribution in [1.29, 1.82) is 0 Å². The summed E-state index contributed by atoms with van der Waals surface area (Å²) >= 11 is 1.04. The second kappa shape index (κ2) is 6.53. The second-order valence-corrected chi connectivity index (χ2v) is 5.45. The van der Waals surface area contributed by atoms with Gasteiger partial charge in [-0.3, -0.25) is 14.9 Å². The molecule has 1 N–H and O–H groups in total. The molecule has 23 heavy (non-hydrogen) atoms. The average Bonchev–Trinajstić information content (AvgIpc) is 3.26. The number of carbonyl (C=O) groups is 2. The molecule has 0 atom stereocenters. The summed E-state index contributed by atoms with van der Waals surface area (Å²) in [5.74, 6) is -0.231. The minimum absolute atomic E-state index is 0.0179. The molecule has 0 aliphatic rings. The Kier molecular flexibility index (Phi) is 4.29. The van der Waals surface area contributed by atoms with Crippen LogP contribution in [0.25, 0.3) is 11.7 Å². The number of nitrogens with one attached hydrogen (secondary N) is 1. The van der Waals surface area contributed by atoms with Gasteiger partial charge in [-0.05, 0) is 24.3 Å². The number of aryl methyl sites for hydroxylation is 1. The van der Waals surface area contributed by atoms with Gasteiger partial charge in [0.15, 0.2) is 5.76 Å². The lowest BCUT2D eigenvalue weighted by molar-refractivity contribution is -0.117. The normalized spacial score (nSPS) is 10.7. The van der Waals surface area contributed by atoms with Crippen molar-refractivity contribution >= 4 is 23.6 Å². The van der Waals surface area contributed by atoms with Crippen LogP contribution in [-0.4, -0.2) is 32.3 Å². The van der Waals surface area contributed by atoms with Crippen LogP contribution >= 0.6 is 11.8 Å². The van der Waals surface area contributed by atoms with Crippen LogP contribution in [0.3, 0.4) is 0 Å². The molecule has 3 aromatic rings. The third-order valence-corrected chi connectivity index (χ3v) is 3.71. The molecular weight excluding hydrogens is 320 g/mol. The molecule has 0 saturated heterocycles. The van der Waals surface area contributed by atoms with Gasteiger partial charge in [0.25, 0.3) is 17.0 Å². The van der Waals surface area contributed by atoms with Crippen molar-refractivity contribution in [1.82, 2.24) is 20.1 Å². The fourth-order valence-electron chi connectivity index (χ4n) is 1.82. The molecule has 0 aliphatic heterocycles. The maximum Gasteiger partial charge on any atom is 0.284 e. The van der Waals surface area contributed by atoms with Crippen LogP contribution in [0.4, 0.5) is 0 Å². The van der Waals surface area contributed by atoms with Crippen LogP contribution in [0.5, 0.6) is 0 Å². The SMILES string of the molecule is Cn1cccc1C(=O)NC(=O)CSc1nnc(-c2ccco2)o1. The Morgan fingerprint density at radius 3 is 2.87 bits per heavy atom. The molecule has 2 amide bonds. The highest BCUT2D eigenvalue weighted by Gasteiger charge is 2.15. The quantitative estimate of drug-likeness (QED) is 0.709. The topological polar surface area (TPSA) is 103 Å². The largest absolute Gasteiger partial charge is 0.459 e. The van der Waals surface area contributed by atoms with Gasteiger partial charge >= 0.3 is 0 Å². The van der Waals surface area contributed by atoms with E-state index in [0.717, 1.165) is 11.8 Å². The van der Waals surface area contributed by atoms with Crippen LogP contribution in [0, 0.1) is 0 Å². The molecule has 0 radical (unpaired) electrons. The molecule has 118 valence electrons. The van der Waals surface area contributed by atoms with E-state index in [2.05, 4.69) is 15.5 Å². The van der Waals surface area contributed by atoms with Crippen LogP contribution < -0.4 is 5.32 Å². The van der Waals surface area contributed by atoms with Crippen molar-refractivity contribution in [2.45, 2.75) is 5.22 Å². The van der Waals surface area contributed by atoms with Crippen molar-refractivity contribution in [3.63, 3.8) is 0 Å². The Labute approximate surface area is 134 Å². The van der Waals surface area contributed by atoms with E-state index in [-0.39, 0.29) is 16.9 Å². The Morgan fingerprint density at radius 2 is 2.17 bits per heavy atom. The van der Waals surface area contributed by atoms with E-state index < -0.39 is 11.8 Å². The van der Waals surface area contributed by atoms with Crippen LogP contribution in [-0.2, 0) is 11.8 Å². The van der Waals surface area contributed by atoms with Crippen molar-refractivity contribution in [2.75, 3.05) is 5.75 Å². The number of hydrogen-bond donors (Lipinski definition) is 1. The van der Waals surface area contributed by atoms with Gasteiger partial charge in [-0.1, -0.05) is 11.8 Å². The highest BCUT2D eigenvalue weighted by Crippen LogP contribution is 2.23. The molecule has 0 aliphatic carbocycles. The summed E-state index contributed by atoms with van der Waals surface area (Å²) in [6.07, 6.45) is 3.22. The number of thioether (sulfide) groups is 1. The van der Waals surface area contributed by atoms with Crippen molar-refractivity contribution < 1.29 is 18.4 Å². The minimum atomic E-state index is -0.454. The van der Waals surface area contributed by atoms with Gasteiger partial charge in [-0.25, -0.2) is 0 Å². The molecule has 0 unspecified atom stereocenters. The zero-order valence-electron chi connectivity index (χ0n) is 12.1. The van der Waals surface area contributed by atoms with E-state index in [1.54, 1.807) is 42.1 Å². The molecule has 3 heterocycles. The van der Waals surface area contributed by atoms with Gasteiger partial charge in [-0.2, -0.15) is 0 Å². The van der Waals surface area contributed by atoms with E-state index in [1.165, 1.54) is 6.26 Å². The number of furan rings is 1. The van der Waals surface area contributed by atoms with E-state index in [1.807, 2.05) is 0 Å². The fraction of sp³-hybridized carbons (Fsp3) is 0.143. The first-order chi connectivity index (χ1) is 11.1. The van der Waals surface area contributed by atoms with Gasteiger partial charge in [0, 0.05) is 13.2 Å². The van der Waals surface area contributed by atoms with Gasteiger partial charge in [0.05, 0.1) is 12.0 Å². The zero-order chi connectivity index (χ0) is 16.2. The van der Waals surface area contributed by atoms with Crippen molar-refractivity contribution in [2.24, 2.45) is 7.05 Å². The molecule has 3 aromatic heterocycles. The molecule has 3 rings (SSSR count). The van der Waals surface area contributed by atoms with Crippen LogP contribution in [0.2, 0.25) is 0 Å². The van der Waals surface area contributed by atoms with Crippen LogP contribution in [0.15, 0.2) is 50.8 Å². The number of nitrogens with zero attached hydrogens (tertiary/aromatic N) is 3. The monoisotopic (exact) mass is 332 g/mol. The molecule has 0 fully saturated rings. The summed E-state index contributed by atoms with van der Waals surface area (Å²) in [6, 6.07) is 6.74. The number of aromatic nitrogens is 3. The smallest absolute Gasteiger partial charge is 0.284 e. The summed E-state index contributed by atoms with van der Waals surface area (Å²) in [6.45, 7) is 0. The van der Waals surface area contributed by atoms with Crippen LogP contribution in [0.1, 0.15) is 10.5 Å². The fourth-order valence-corrected chi connectivity index (χ4v) is 2.38. The standard InChI is InChI=1S/C14H12N4O4S/c1-18-6-2-4-9(18)12(20)15-11(19)8-23-14-17-16-13(22-14)10-5-3-7-21-10/h2-7H,8H2,1H3,(H,15,19,20). The Bertz CT molecular complexity index is 822. The molecular formula is C14H12N4O4S. The zero-order valence-corrected chi connectivity index (χ0v) is 12.9. The number of amides is 2. The Hall–Kier alpha value is -2.81. The summed E-state index contributed by atoms with van der Waals surface area (Å²) in [5, 5.41) is 10.1. The van der Waals surface area contributed by atoms with E-state index in [4.69, 9.17) is 8.83 Å². The van der Waals surface area contributed by atoms with Gasteiger partial charge in [0.2, 0.25) is 5.91 Å². The summed E-state index contributed by atoms with van der Waals surface area (Å²) < 4.78 is 12.1. The second-order valence-electron chi connectivity index (χ2n) is 4.52. The highest BCUT2D eigenvalue weighted by atomic mass is 32.2. The highest BCUT2D eigenvalue weighted by molar-refractivity contribution is 7.99. The predicted octanol–water partition coefficient (Wildman–Crippen LogP) is 1.72. The Morgan fingerprint density at radius 1 is 1.30 bits per heavy atom.